The lowest BCUT2D eigenvalue weighted by Gasteiger charge is -2.30. The van der Waals surface area contributed by atoms with Gasteiger partial charge in [-0.25, -0.2) is 4.39 Å². The van der Waals surface area contributed by atoms with Crippen molar-refractivity contribution in [2.24, 2.45) is 0 Å². The van der Waals surface area contributed by atoms with Crippen LogP contribution in [0, 0.1) is 17.1 Å². The number of hydrogen-bond acceptors (Lipinski definition) is 6. The van der Waals surface area contributed by atoms with Crippen molar-refractivity contribution in [2.75, 3.05) is 17.7 Å². The number of nitriles is 1. The van der Waals surface area contributed by atoms with Gasteiger partial charge in [-0.1, -0.05) is 0 Å². The van der Waals surface area contributed by atoms with Gasteiger partial charge in [0.1, 0.15) is 11.6 Å². The van der Waals surface area contributed by atoms with Crippen LogP contribution in [0.3, 0.4) is 0 Å². The summed E-state index contributed by atoms with van der Waals surface area (Å²) >= 11 is 5.60. The third kappa shape index (κ3) is 3.54. The summed E-state index contributed by atoms with van der Waals surface area (Å²) < 4.78 is 15.0. The van der Waals surface area contributed by atoms with Crippen LogP contribution in [-0.2, 0) is 9.59 Å². The predicted molar refractivity (Wildman–Crippen MR) is 101 cm³/mol. The van der Waals surface area contributed by atoms with Crippen molar-refractivity contribution in [3.63, 3.8) is 0 Å². The highest BCUT2D eigenvalue weighted by atomic mass is 32.2. The number of amides is 1. The molecule has 0 spiro atoms. The molecule has 1 atom stereocenters. The van der Waals surface area contributed by atoms with Gasteiger partial charge in [0.2, 0.25) is 5.91 Å². The number of carboxylic acids is 1. The molecule has 0 aromatic heterocycles. The maximum Gasteiger partial charge on any atom is 0.303 e. The van der Waals surface area contributed by atoms with Crippen LogP contribution in [0.25, 0.3) is 0 Å². The van der Waals surface area contributed by atoms with Gasteiger partial charge in [-0.2, -0.15) is 5.26 Å². The normalized spacial score (nSPS) is 19.6. The first kappa shape index (κ1) is 20.6. The minimum absolute atomic E-state index is 0.0247. The second kappa shape index (κ2) is 7.86. The van der Waals surface area contributed by atoms with Crippen LogP contribution in [0.1, 0.15) is 32.3 Å². The van der Waals surface area contributed by atoms with E-state index in [0.29, 0.717) is 13.0 Å². The van der Waals surface area contributed by atoms with Crippen molar-refractivity contribution in [3.8, 4) is 6.07 Å². The molecule has 1 aliphatic heterocycles. The minimum atomic E-state index is -0.954. The van der Waals surface area contributed by atoms with Crippen LogP contribution in [0.5, 0.6) is 0 Å². The number of anilines is 1. The molecule has 1 aromatic carbocycles. The van der Waals surface area contributed by atoms with Gasteiger partial charge in [0.25, 0.3) is 0 Å². The summed E-state index contributed by atoms with van der Waals surface area (Å²) in [7, 11) is 0. The van der Waals surface area contributed by atoms with Gasteiger partial charge in [-0.05, 0) is 38.7 Å². The highest BCUT2D eigenvalue weighted by molar-refractivity contribution is 7.98. The molecular weight excluding hydrogens is 377 g/mol. The predicted octanol–water partition coefficient (Wildman–Crippen LogP) is 2.92. The van der Waals surface area contributed by atoms with Crippen molar-refractivity contribution in [3.05, 3.63) is 23.5 Å². The second-order valence-corrected chi connectivity index (χ2v) is 7.64. The average Bonchev–Trinajstić information content (AvgIpc) is 2.74. The first-order valence-corrected chi connectivity index (χ1v) is 9.67. The van der Waals surface area contributed by atoms with Crippen molar-refractivity contribution >= 4 is 42.0 Å². The molecule has 1 unspecified atom stereocenters. The van der Waals surface area contributed by atoms with E-state index in [4.69, 9.17) is 10.4 Å². The minimum Gasteiger partial charge on any atom is -0.481 e. The zero-order chi connectivity index (χ0) is 19.6. The van der Waals surface area contributed by atoms with E-state index in [1.165, 1.54) is 17.0 Å². The van der Waals surface area contributed by atoms with E-state index in [1.807, 2.05) is 6.07 Å². The molecule has 1 aliphatic rings. The number of carboxylic acid groups (broad SMARTS) is 1. The summed E-state index contributed by atoms with van der Waals surface area (Å²) in [6.07, 6.45) is 1.99. The van der Waals surface area contributed by atoms with Crippen LogP contribution >= 0.6 is 24.4 Å². The molecule has 1 aromatic rings. The molecule has 1 saturated heterocycles. The van der Waals surface area contributed by atoms with E-state index in [1.54, 1.807) is 25.0 Å². The molecule has 1 N–H and O–H groups in total. The molecular formula is C17H20FN3O3S2. The Bertz CT molecular complexity index is 779. The summed E-state index contributed by atoms with van der Waals surface area (Å²) in [6.45, 7) is 3.75. The highest BCUT2D eigenvalue weighted by Gasteiger charge is 2.51. The quantitative estimate of drug-likeness (QED) is 0.567. The molecule has 140 valence electrons. The van der Waals surface area contributed by atoms with E-state index < -0.39 is 22.8 Å². The van der Waals surface area contributed by atoms with Crippen LogP contribution in [0.4, 0.5) is 10.1 Å². The second-order valence-electron chi connectivity index (χ2n) is 6.36. The van der Waals surface area contributed by atoms with Crippen LogP contribution < -0.4 is 4.90 Å². The lowest BCUT2D eigenvalue weighted by molar-refractivity contribution is -0.137. The van der Waals surface area contributed by atoms with Gasteiger partial charge >= 0.3 is 5.97 Å². The summed E-state index contributed by atoms with van der Waals surface area (Å²) in [4.78, 5) is 26.9. The smallest absolute Gasteiger partial charge is 0.303 e. The lowest BCUT2D eigenvalue weighted by Crippen LogP contribution is -2.45. The van der Waals surface area contributed by atoms with Crippen LogP contribution in [-0.4, -0.2) is 45.7 Å². The Morgan fingerprint density at radius 1 is 1.50 bits per heavy atom. The number of hydrogen-bond donors (Lipinski definition) is 2. The van der Waals surface area contributed by atoms with Crippen molar-refractivity contribution in [1.29, 1.82) is 5.26 Å². The number of thioether (sulfide) groups is 1. The number of thiol groups is 1. The standard InChI is InChI=1S/C17H20FN3O3S2/c1-17(2)15(24)21(16(25)20(17)8-4-5-12(22)23)11-7-6-10(9-19)14(26-3)13(11)18/h6-7,16,25H,4-5,8H2,1-3H3,(H,22,23). The van der Waals surface area contributed by atoms with Crippen molar-refractivity contribution < 1.29 is 19.1 Å². The molecule has 0 saturated carbocycles. The topological polar surface area (TPSA) is 84.6 Å². The Hall–Kier alpha value is -1.76. The Morgan fingerprint density at radius 3 is 2.69 bits per heavy atom. The Labute approximate surface area is 161 Å². The molecule has 0 radical (unpaired) electrons. The first-order chi connectivity index (χ1) is 12.2. The van der Waals surface area contributed by atoms with E-state index >= 15 is 0 Å². The molecule has 1 fully saturated rings. The molecule has 2 rings (SSSR count). The van der Waals surface area contributed by atoms with Crippen LogP contribution in [0.15, 0.2) is 17.0 Å². The molecule has 1 heterocycles. The monoisotopic (exact) mass is 397 g/mol. The van der Waals surface area contributed by atoms with Gasteiger partial charge < -0.3 is 5.11 Å². The fourth-order valence-electron chi connectivity index (χ4n) is 3.00. The number of halogens is 1. The van der Waals surface area contributed by atoms with Gasteiger partial charge in [-0.3, -0.25) is 19.4 Å². The van der Waals surface area contributed by atoms with Gasteiger partial charge in [0.05, 0.1) is 21.7 Å². The average molecular weight is 397 g/mol. The number of rotatable bonds is 6. The van der Waals surface area contributed by atoms with Crippen molar-refractivity contribution in [2.45, 2.75) is 42.6 Å². The van der Waals surface area contributed by atoms with Crippen molar-refractivity contribution in [1.82, 2.24) is 4.90 Å². The molecule has 1 amide bonds. The lowest BCUT2D eigenvalue weighted by atomic mass is 10.0. The van der Waals surface area contributed by atoms with Crippen LogP contribution in [0.2, 0.25) is 0 Å². The maximum atomic E-state index is 15.0. The number of benzene rings is 1. The zero-order valence-corrected chi connectivity index (χ0v) is 16.4. The van der Waals surface area contributed by atoms with E-state index in [2.05, 4.69) is 12.6 Å². The van der Waals surface area contributed by atoms with Gasteiger partial charge in [0.15, 0.2) is 5.82 Å². The summed E-state index contributed by atoms with van der Waals surface area (Å²) in [6, 6.07) is 4.83. The molecule has 0 bridgehead atoms. The molecule has 26 heavy (non-hydrogen) atoms. The molecule has 6 nitrogen and oxygen atoms in total. The first-order valence-electron chi connectivity index (χ1n) is 7.93. The molecule has 9 heteroatoms. The fraction of sp³-hybridized carbons (Fsp3) is 0.471. The van der Waals surface area contributed by atoms with E-state index in [9.17, 15) is 14.0 Å². The maximum absolute atomic E-state index is 15.0. The number of nitrogens with zero attached hydrogens (tertiary/aromatic N) is 3. The fourth-order valence-corrected chi connectivity index (χ4v) is 4.25. The summed E-state index contributed by atoms with van der Waals surface area (Å²) in [5.74, 6) is -1.88. The third-order valence-corrected chi connectivity index (χ3v) is 5.74. The number of carbonyl (C=O) groups excluding carboxylic acids is 1. The zero-order valence-electron chi connectivity index (χ0n) is 14.7. The summed E-state index contributed by atoms with van der Waals surface area (Å²) in [5, 5.41) is 17.9. The Morgan fingerprint density at radius 2 is 2.15 bits per heavy atom. The number of aliphatic carboxylic acids is 1. The third-order valence-electron chi connectivity index (χ3n) is 4.42. The largest absolute Gasteiger partial charge is 0.481 e. The number of carbonyl (C=O) groups is 2. The highest BCUT2D eigenvalue weighted by Crippen LogP contribution is 2.40. The SMILES string of the molecule is CSc1c(C#N)ccc(N2C(=O)C(C)(C)N(CCCC(=O)O)C2S)c1F. The van der Waals surface area contributed by atoms with E-state index in [0.717, 1.165) is 11.8 Å². The van der Waals surface area contributed by atoms with E-state index in [-0.39, 0.29) is 28.5 Å². The summed E-state index contributed by atoms with van der Waals surface area (Å²) in [5.41, 5.74) is -1.42. The van der Waals surface area contributed by atoms with Gasteiger partial charge in [-0.15, -0.1) is 24.4 Å². The van der Waals surface area contributed by atoms with Gasteiger partial charge in [0, 0.05) is 13.0 Å². The molecule has 0 aliphatic carbocycles. The Kier molecular flexibility index (Phi) is 6.21. The Balaban J connectivity index is 2.40.